The molecule has 0 aliphatic rings. The number of carbonyl (C=O) groups is 1. The van der Waals surface area contributed by atoms with Crippen molar-refractivity contribution in [2.24, 2.45) is 0 Å². The van der Waals surface area contributed by atoms with Gasteiger partial charge in [0.1, 0.15) is 11.5 Å². The van der Waals surface area contributed by atoms with Crippen molar-refractivity contribution in [2.75, 3.05) is 13.6 Å². The molecule has 1 N–H and O–H groups in total. The normalized spacial score (nSPS) is 11.2. The molecular formula is C18H19NO2. The lowest BCUT2D eigenvalue weighted by atomic mass is 10.1. The molecule has 0 saturated carbocycles. The molecule has 0 aliphatic heterocycles. The van der Waals surface area contributed by atoms with Crippen LogP contribution in [0.15, 0.2) is 60.7 Å². The molecule has 21 heavy (non-hydrogen) atoms. The minimum absolute atomic E-state index is 0.0514. The first kappa shape index (κ1) is 15.0. The second-order valence-electron chi connectivity index (χ2n) is 4.67. The van der Waals surface area contributed by atoms with Gasteiger partial charge in [-0.25, -0.2) is 0 Å². The van der Waals surface area contributed by atoms with E-state index in [4.69, 9.17) is 4.74 Å². The Hall–Kier alpha value is -2.39. The van der Waals surface area contributed by atoms with Crippen LogP contribution in [0.4, 0.5) is 0 Å². The fourth-order valence-electron chi connectivity index (χ4n) is 1.90. The van der Waals surface area contributed by atoms with Crippen LogP contribution in [-0.4, -0.2) is 19.4 Å². The molecule has 0 saturated heterocycles. The first-order valence-electron chi connectivity index (χ1n) is 6.89. The van der Waals surface area contributed by atoms with Gasteiger partial charge in [-0.1, -0.05) is 30.3 Å². The van der Waals surface area contributed by atoms with Crippen LogP contribution < -0.4 is 10.1 Å². The lowest BCUT2D eigenvalue weighted by molar-refractivity contribution is 0.101. The zero-order valence-corrected chi connectivity index (χ0v) is 12.3. The molecule has 0 aliphatic carbocycles. The molecule has 0 radical (unpaired) electrons. The number of Topliss-reactive ketones (excluding diaryl/α,β-unsaturated/α-hetero) is 1. The Bertz CT molecular complexity index is 615. The molecule has 3 heteroatoms. The van der Waals surface area contributed by atoms with Crippen molar-refractivity contribution < 1.29 is 9.53 Å². The van der Waals surface area contributed by atoms with Crippen molar-refractivity contribution in [3.8, 4) is 5.75 Å². The summed E-state index contributed by atoms with van der Waals surface area (Å²) in [7, 11) is 1.89. The molecule has 0 heterocycles. The fourth-order valence-corrected chi connectivity index (χ4v) is 1.90. The number of hydrogen-bond acceptors (Lipinski definition) is 3. The quantitative estimate of drug-likeness (QED) is 0.650. The van der Waals surface area contributed by atoms with Gasteiger partial charge in [-0.05, 0) is 44.3 Å². The summed E-state index contributed by atoms with van der Waals surface area (Å²) in [5, 5.41) is 3.08. The van der Waals surface area contributed by atoms with Crippen molar-refractivity contribution in [1.82, 2.24) is 5.32 Å². The van der Waals surface area contributed by atoms with E-state index in [0.29, 0.717) is 11.3 Å². The van der Waals surface area contributed by atoms with E-state index >= 15 is 0 Å². The summed E-state index contributed by atoms with van der Waals surface area (Å²) in [6, 6.07) is 17.1. The predicted molar refractivity (Wildman–Crippen MR) is 85.4 cm³/mol. The molecule has 0 unspecified atom stereocenters. The topological polar surface area (TPSA) is 38.3 Å². The molecule has 0 fully saturated rings. The highest BCUT2D eigenvalue weighted by atomic mass is 16.5. The van der Waals surface area contributed by atoms with Gasteiger partial charge in [-0.2, -0.15) is 0 Å². The Kier molecular flexibility index (Phi) is 5.29. The van der Waals surface area contributed by atoms with Crippen LogP contribution in [0.2, 0.25) is 0 Å². The van der Waals surface area contributed by atoms with Gasteiger partial charge in [0.2, 0.25) is 0 Å². The zero-order chi connectivity index (χ0) is 15.1. The smallest absolute Gasteiger partial charge is 0.159 e. The fraction of sp³-hybridized carbons (Fsp3) is 0.167. The zero-order valence-electron chi connectivity index (χ0n) is 12.3. The van der Waals surface area contributed by atoms with Crippen LogP contribution in [0.1, 0.15) is 22.8 Å². The van der Waals surface area contributed by atoms with Gasteiger partial charge in [0.05, 0.1) is 0 Å². The number of ether oxygens (including phenoxy) is 1. The number of ketones is 1. The highest BCUT2D eigenvalue weighted by molar-refractivity contribution is 5.94. The number of nitrogens with one attached hydrogen (secondary N) is 1. The summed E-state index contributed by atoms with van der Waals surface area (Å²) in [6.45, 7) is 2.27. The number of carbonyl (C=O) groups excluding carboxylic acids is 1. The van der Waals surface area contributed by atoms with E-state index in [1.807, 2.05) is 55.6 Å². The van der Waals surface area contributed by atoms with Gasteiger partial charge in [0.15, 0.2) is 5.78 Å². The van der Waals surface area contributed by atoms with Crippen LogP contribution in [0.25, 0.3) is 5.76 Å². The van der Waals surface area contributed by atoms with Crippen molar-refractivity contribution in [3.05, 3.63) is 71.8 Å². The van der Waals surface area contributed by atoms with Crippen LogP contribution >= 0.6 is 0 Å². The number of rotatable bonds is 6. The molecular weight excluding hydrogens is 262 g/mol. The summed E-state index contributed by atoms with van der Waals surface area (Å²) < 4.78 is 5.95. The van der Waals surface area contributed by atoms with Gasteiger partial charge in [-0.3, -0.25) is 4.79 Å². The molecule has 108 valence electrons. The van der Waals surface area contributed by atoms with Crippen molar-refractivity contribution >= 4 is 11.5 Å². The summed E-state index contributed by atoms with van der Waals surface area (Å²) >= 11 is 0. The molecule has 2 aromatic carbocycles. The highest BCUT2D eigenvalue weighted by Gasteiger charge is 2.05. The summed E-state index contributed by atoms with van der Waals surface area (Å²) in [5.74, 6) is 1.56. The Morgan fingerprint density at radius 3 is 2.29 bits per heavy atom. The number of hydrogen-bond donors (Lipinski definition) is 1. The van der Waals surface area contributed by atoms with Crippen LogP contribution in [-0.2, 0) is 0 Å². The Labute approximate surface area is 125 Å². The molecule has 0 amide bonds. The van der Waals surface area contributed by atoms with E-state index in [2.05, 4.69) is 5.32 Å². The van der Waals surface area contributed by atoms with Gasteiger partial charge in [0, 0.05) is 17.7 Å². The van der Waals surface area contributed by atoms with Crippen LogP contribution in [0.3, 0.4) is 0 Å². The van der Waals surface area contributed by atoms with E-state index in [1.165, 1.54) is 0 Å². The van der Waals surface area contributed by atoms with Crippen molar-refractivity contribution in [1.29, 1.82) is 0 Å². The second kappa shape index (κ2) is 7.41. The highest BCUT2D eigenvalue weighted by Crippen LogP contribution is 2.21. The standard InChI is InChI=1S/C18H19NO2/c1-14(20)15-8-10-17(11-9-15)21-18(12-13-19-2)16-6-4-3-5-7-16/h3-12,19H,13H2,1-2H3. The molecule has 2 aromatic rings. The SMILES string of the molecule is CNCC=C(Oc1ccc(C(C)=O)cc1)c1ccccc1. The van der Waals surface area contributed by atoms with Crippen molar-refractivity contribution in [2.45, 2.75) is 6.92 Å². The summed E-state index contributed by atoms with van der Waals surface area (Å²) in [6.07, 6.45) is 1.99. The average Bonchev–Trinajstić information content (AvgIpc) is 2.52. The molecule has 0 atom stereocenters. The largest absolute Gasteiger partial charge is 0.457 e. The van der Waals surface area contributed by atoms with Crippen LogP contribution in [0.5, 0.6) is 5.75 Å². The van der Waals surface area contributed by atoms with E-state index in [9.17, 15) is 4.79 Å². The number of benzene rings is 2. The predicted octanol–water partition coefficient (Wildman–Crippen LogP) is 3.53. The lowest BCUT2D eigenvalue weighted by Crippen LogP contribution is -2.07. The van der Waals surface area contributed by atoms with Gasteiger partial charge in [0.25, 0.3) is 0 Å². The maximum Gasteiger partial charge on any atom is 0.159 e. The van der Waals surface area contributed by atoms with E-state index in [0.717, 1.165) is 17.9 Å². The minimum atomic E-state index is 0.0514. The van der Waals surface area contributed by atoms with E-state index in [-0.39, 0.29) is 5.78 Å². The third kappa shape index (κ3) is 4.29. The second-order valence-corrected chi connectivity index (χ2v) is 4.67. The monoisotopic (exact) mass is 281 g/mol. The maximum atomic E-state index is 11.3. The lowest BCUT2D eigenvalue weighted by Gasteiger charge is -2.11. The Morgan fingerprint density at radius 2 is 1.71 bits per heavy atom. The van der Waals surface area contributed by atoms with Gasteiger partial charge >= 0.3 is 0 Å². The van der Waals surface area contributed by atoms with Crippen molar-refractivity contribution in [3.63, 3.8) is 0 Å². The maximum absolute atomic E-state index is 11.3. The third-order valence-electron chi connectivity index (χ3n) is 3.04. The van der Waals surface area contributed by atoms with Gasteiger partial charge < -0.3 is 10.1 Å². The molecule has 0 bridgehead atoms. The summed E-state index contributed by atoms with van der Waals surface area (Å²) in [4.78, 5) is 11.3. The Balaban J connectivity index is 2.21. The minimum Gasteiger partial charge on any atom is -0.457 e. The Morgan fingerprint density at radius 1 is 1.05 bits per heavy atom. The molecule has 0 aromatic heterocycles. The molecule has 0 spiro atoms. The van der Waals surface area contributed by atoms with E-state index in [1.54, 1.807) is 19.1 Å². The third-order valence-corrected chi connectivity index (χ3v) is 3.04. The average molecular weight is 281 g/mol. The molecule has 3 nitrogen and oxygen atoms in total. The summed E-state index contributed by atoms with van der Waals surface area (Å²) in [5.41, 5.74) is 1.70. The first-order chi connectivity index (χ1) is 10.2. The van der Waals surface area contributed by atoms with Crippen LogP contribution in [0, 0.1) is 0 Å². The molecule has 2 rings (SSSR count). The van der Waals surface area contributed by atoms with E-state index < -0.39 is 0 Å². The first-order valence-corrected chi connectivity index (χ1v) is 6.89. The van der Waals surface area contributed by atoms with Gasteiger partial charge in [-0.15, -0.1) is 0 Å². The number of likely N-dealkylation sites (N-methyl/N-ethyl adjacent to an activating group) is 1.